The number of carbonyl (C=O) groups is 1. The van der Waals surface area contributed by atoms with Gasteiger partial charge in [0, 0.05) is 31.5 Å². The summed E-state index contributed by atoms with van der Waals surface area (Å²) >= 11 is 0. The first kappa shape index (κ1) is 18.3. The molecule has 0 unspecified atom stereocenters. The molecule has 2 heterocycles. The van der Waals surface area contributed by atoms with Crippen LogP contribution in [0.1, 0.15) is 32.6 Å². The number of urea groups is 1. The van der Waals surface area contributed by atoms with Crippen LogP contribution in [0.15, 0.2) is 24.3 Å². The molecule has 0 bridgehead atoms. The van der Waals surface area contributed by atoms with Gasteiger partial charge in [-0.1, -0.05) is 12.1 Å². The lowest BCUT2D eigenvalue weighted by Crippen LogP contribution is -2.32. The largest absolute Gasteiger partial charge is 0.378 e. The van der Waals surface area contributed by atoms with E-state index in [1.807, 2.05) is 38.2 Å². The number of rotatable bonds is 7. The molecule has 8 nitrogen and oxygen atoms in total. The van der Waals surface area contributed by atoms with Gasteiger partial charge in [-0.25, -0.2) is 4.79 Å². The lowest BCUT2D eigenvalue weighted by Gasteiger charge is -2.19. The van der Waals surface area contributed by atoms with E-state index >= 15 is 0 Å². The van der Waals surface area contributed by atoms with Crippen molar-refractivity contribution in [1.82, 2.24) is 25.1 Å². The van der Waals surface area contributed by atoms with Crippen LogP contribution in [-0.2, 0) is 11.3 Å². The fourth-order valence-electron chi connectivity index (χ4n) is 2.98. The number of carbonyl (C=O) groups excluding carboxylic acids is 1. The van der Waals surface area contributed by atoms with Crippen LogP contribution in [-0.4, -0.2) is 57.4 Å². The van der Waals surface area contributed by atoms with E-state index in [0.29, 0.717) is 30.7 Å². The molecule has 2 amide bonds. The van der Waals surface area contributed by atoms with E-state index in [2.05, 4.69) is 20.7 Å². The molecule has 1 aliphatic heterocycles. The summed E-state index contributed by atoms with van der Waals surface area (Å²) in [5.41, 5.74) is 1.54. The quantitative estimate of drug-likeness (QED) is 0.822. The summed E-state index contributed by atoms with van der Waals surface area (Å²) in [5, 5.41) is 15.2. The minimum atomic E-state index is -0.125. The predicted molar refractivity (Wildman–Crippen MR) is 98.8 cm³/mol. The summed E-state index contributed by atoms with van der Waals surface area (Å²) in [6, 6.07) is 7.35. The minimum absolute atomic E-state index is 0.125. The Kier molecular flexibility index (Phi) is 6.17. The molecular formula is C18H26N6O2. The Morgan fingerprint density at radius 3 is 3.08 bits per heavy atom. The third-order valence-electron chi connectivity index (χ3n) is 4.50. The fraction of sp³-hybridized carbons (Fsp3) is 0.556. The zero-order chi connectivity index (χ0) is 18.4. The smallest absolute Gasteiger partial charge is 0.321 e. The molecule has 8 heteroatoms. The molecule has 1 aliphatic rings. The van der Waals surface area contributed by atoms with Gasteiger partial charge in [0.1, 0.15) is 0 Å². The molecule has 0 spiro atoms. The van der Waals surface area contributed by atoms with Gasteiger partial charge in [0.05, 0.1) is 12.6 Å². The molecule has 0 saturated carbocycles. The van der Waals surface area contributed by atoms with Gasteiger partial charge < -0.3 is 15.0 Å². The standard InChI is InChI=1S/C18H26N6O2/c1-3-24-21-17(20-22-24)14-7-4-8-15(13-14)19-18(25)23(2)11-5-9-16-10-6-12-26-16/h4,7-8,13,16H,3,5-6,9-12H2,1-2H3,(H,19,25)/t16-/m1/s1. The van der Waals surface area contributed by atoms with Gasteiger partial charge in [-0.15, -0.1) is 10.2 Å². The first-order valence-electron chi connectivity index (χ1n) is 9.17. The first-order chi connectivity index (χ1) is 12.7. The van der Waals surface area contributed by atoms with Crippen LogP contribution in [0.25, 0.3) is 11.4 Å². The number of tetrazole rings is 1. The van der Waals surface area contributed by atoms with Crippen molar-refractivity contribution in [2.45, 2.75) is 45.3 Å². The molecular weight excluding hydrogens is 332 g/mol. The maximum absolute atomic E-state index is 12.4. The van der Waals surface area contributed by atoms with Crippen LogP contribution in [0.2, 0.25) is 0 Å². The number of anilines is 1. The van der Waals surface area contributed by atoms with Gasteiger partial charge in [-0.3, -0.25) is 0 Å². The van der Waals surface area contributed by atoms with Gasteiger partial charge in [0.25, 0.3) is 0 Å². The highest BCUT2D eigenvalue weighted by Gasteiger charge is 2.16. The number of aryl methyl sites for hydroxylation is 1. The zero-order valence-electron chi connectivity index (χ0n) is 15.4. The fourth-order valence-corrected chi connectivity index (χ4v) is 2.98. The van der Waals surface area contributed by atoms with E-state index in [4.69, 9.17) is 4.74 Å². The SMILES string of the molecule is CCn1nnc(-c2cccc(NC(=O)N(C)CCC[C@@H]3CCCO3)c2)n1. The van der Waals surface area contributed by atoms with E-state index in [-0.39, 0.29) is 6.03 Å². The molecule has 140 valence electrons. The number of benzene rings is 1. The molecule has 0 aliphatic carbocycles. The van der Waals surface area contributed by atoms with Crippen molar-refractivity contribution in [3.05, 3.63) is 24.3 Å². The number of ether oxygens (including phenoxy) is 1. The monoisotopic (exact) mass is 358 g/mol. The Labute approximate surface area is 153 Å². The van der Waals surface area contributed by atoms with Gasteiger partial charge >= 0.3 is 6.03 Å². The Morgan fingerprint density at radius 1 is 1.46 bits per heavy atom. The van der Waals surface area contributed by atoms with Crippen molar-refractivity contribution in [2.24, 2.45) is 0 Å². The molecule has 0 radical (unpaired) electrons. The van der Waals surface area contributed by atoms with Crippen LogP contribution in [0.3, 0.4) is 0 Å². The molecule has 2 aromatic rings. The number of hydrogen-bond donors (Lipinski definition) is 1. The van der Waals surface area contributed by atoms with Crippen molar-refractivity contribution in [3.63, 3.8) is 0 Å². The summed E-state index contributed by atoms with van der Waals surface area (Å²) in [4.78, 5) is 15.6. The van der Waals surface area contributed by atoms with E-state index in [0.717, 1.165) is 37.9 Å². The second-order valence-electron chi connectivity index (χ2n) is 6.51. The topological polar surface area (TPSA) is 85.2 Å². The summed E-state index contributed by atoms with van der Waals surface area (Å²) in [5.74, 6) is 0.549. The minimum Gasteiger partial charge on any atom is -0.378 e. The Bertz CT molecular complexity index is 726. The van der Waals surface area contributed by atoms with Gasteiger partial charge in [-0.2, -0.15) is 4.80 Å². The highest BCUT2D eigenvalue weighted by molar-refractivity contribution is 5.89. The highest BCUT2D eigenvalue weighted by Crippen LogP contribution is 2.19. The number of nitrogens with zero attached hydrogens (tertiary/aromatic N) is 5. The van der Waals surface area contributed by atoms with Crippen LogP contribution in [0, 0.1) is 0 Å². The van der Waals surface area contributed by atoms with Gasteiger partial charge in [0.2, 0.25) is 5.82 Å². The maximum Gasteiger partial charge on any atom is 0.321 e. The van der Waals surface area contributed by atoms with E-state index in [1.165, 1.54) is 4.80 Å². The van der Waals surface area contributed by atoms with Crippen LogP contribution >= 0.6 is 0 Å². The predicted octanol–water partition coefficient (Wildman–Crippen LogP) is 2.78. The molecule has 1 N–H and O–H groups in total. The lowest BCUT2D eigenvalue weighted by molar-refractivity contribution is 0.101. The lowest BCUT2D eigenvalue weighted by atomic mass is 10.1. The third-order valence-corrected chi connectivity index (χ3v) is 4.50. The first-order valence-corrected chi connectivity index (χ1v) is 9.17. The van der Waals surface area contributed by atoms with Gasteiger partial charge in [0.15, 0.2) is 0 Å². The van der Waals surface area contributed by atoms with Crippen molar-refractivity contribution >= 4 is 11.7 Å². The average molecular weight is 358 g/mol. The second-order valence-corrected chi connectivity index (χ2v) is 6.51. The Hall–Kier alpha value is -2.48. The van der Waals surface area contributed by atoms with E-state index < -0.39 is 0 Å². The van der Waals surface area contributed by atoms with Crippen molar-refractivity contribution < 1.29 is 9.53 Å². The summed E-state index contributed by atoms with van der Waals surface area (Å²) in [6.45, 7) is 4.20. The average Bonchev–Trinajstić information content (AvgIpc) is 3.33. The number of aromatic nitrogens is 4. The molecule has 3 rings (SSSR count). The Morgan fingerprint density at radius 2 is 2.35 bits per heavy atom. The van der Waals surface area contributed by atoms with Crippen LogP contribution < -0.4 is 5.32 Å². The zero-order valence-corrected chi connectivity index (χ0v) is 15.4. The van der Waals surface area contributed by atoms with Crippen molar-refractivity contribution in [1.29, 1.82) is 0 Å². The van der Waals surface area contributed by atoms with Crippen molar-refractivity contribution in [3.8, 4) is 11.4 Å². The molecule has 1 saturated heterocycles. The number of amides is 2. The van der Waals surface area contributed by atoms with Crippen molar-refractivity contribution in [2.75, 3.05) is 25.5 Å². The third kappa shape index (κ3) is 4.78. The summed E-state index contributed by atoms with van der Waals surface area (Å²) in [6.07, 6.45) is 4.61. The molecule has 26 heavy (non-hydrogen) atoms. The van der Waals surface area contributed by atoms with E-state index in [1.54, 1.807) is 4.90 Å². The number of hydrogen-bond acceptors (Lipinski definition) is 5. The highest BCUT2D eigenvalue weighted by atomic mass is 16.5. The second kappa shape index (κ2) is 8.75. The van der Waals surface area contributed by atoms with Crippen LogP contribution in [0.5, 0.6) is 0 Å². The molecule has 1 aromatic heterocycles. The maximum atomic E-state index is 12.4. The summed E-state index contributed by atoms with van der Waals surface area (Å²) < 4.78 is 5.62. The molecule has 1 aromatic carbocycles. The summed E-state index contributed by atoms with van der Waals surface area (Å²) in [7, 11) is 1.81. The normalized spacial score (nSPS) is 16.6. The number of nitrogens with one attached hydrogen (secondary N) is 1. The van der Waals surface area contributed by atoms with Crippen LogP contribution in [0.4, 0.5) is 10.5 Å². The molecule has 1 atom stereocenters. The van der Waals surface area contributed by atoms with E-state index in [9.17, 15) is 4.79 Å². The van der Waals surface area contributed by atoms with Gasteiger partial charge in [-0.05, 0) is 50.0 Å². The molecule has 1 fully saturated rings. The Balaban J connectivity index is 1.52.